The Morgan fingerprint density at radius 3 is 2.81 bits per heavy atom. The number of para-hydroxylation sites is 1. The number of benzene rings is 1. The molecule has 21 heavy (non-hydrogen) atoms. The predicted molar refractivity (Wildman–Crippen MR) is 81.7 cm³/mol. The van der Waals surface area contributed by atoms with Gasteiger partial charge in [-0.25, -0.2) is 8.42 Å². The molecule has 1 aliphatic rings. The summed E-state index contributed by atoms with van der Waals surface area (Å²) in [5.41, 5.74) is 1.83. The minimum Gasteiger partial charge on any atom is -0.469 e. The number of rotatable bonds is 5. The summed E-state index contributed by atoms with van der Waals surface area (Å²) in [6.45, 7) is 1.92. The molecule has 0 saturated heterocycles. The molecule has 0 amide bonds. The van der Waals surface area contributed by atoms with Gasteiger partial charge in [-0.2, -0.15) is 0 Å². The lowest BCUT2D eigenvalue weighted by Crippen LogP contribution is -2.43. The van der Waals surface area contributed by atoms with Gasteiger partial charge in [-0.3, -0.25) is 9.10 Å². The van der Waals surface area contributed by atoms with Gasteiger partial charge in [0.2, 0.25) is 10.0 Å². The number of aryl methyl sites for hydroxylation is 1. The molecular formula is C15H21NO4S. The quantitative estimate of drug-likeness (QED) is 0.781. The molecule has 1 atom stereocenters. The maximum absolute atomic E-state index is 12.6. The molecule has 1 unspecified atom stereocenters. The summed E-state index contributed by atoms with van der Waals surface area (Å²) < 4.78 is 31.3. The van der Waals surface area contributed by atoms with Crippen LogP contribution in [0.15, 0.2) is 24.3 Å². The summed E-state index contributed by atoms with van der Waals surface area (Å²) in [6.07, 6.45) is 2.11. The van der Waals surface area contributed by atoms with Crippen molar-refractivity contribution in [1.29, 1.82) is 0 Å². The Hall–Kier alpha value is -1.56. The van der Waals surface area contributed by atoms with Crippen LogP contribution in [0, 0.1) is 0 Å². The Morgan fingerprint density at radius 1 is 1.38 bits per heavy atom. The molecule has 0 spiro atoms. The minimum atomic E-state index is -3.42. The van der Waals surface area contributed by atoms with Gasteiger partial charge in [0, 0.05) is 12.5 Å². The zero-order valence-corrected chi connectivity index (χ0v) is 13.2. The van der Waals surface area contributed by atoms with E-state index in [-0.39, 0.29) is 30.6 Å². The van der Waals surface area contributed by atoms with Crippen molar-refractivity contribution in [2.45, 2.75) is 38.6 Å². The first-order chi connectivity index (χ1) is 9.95. The standard InChI is InChI=1S/C15H21NO4S/c1-12-9-10-13-6-3-4-7-14(13)16(12)21(18,19)11-5-8-15(17)20-2/h3-4,6-7,12H,5,8-11H2,1-2H3. The van der Waals surface area contributed by atoms with Crippen LogP contribution in [0.5, 0.6) is 0 Å². The van der Waals surface area contributed by atoms with Crippen molar-refractivity contribution >= 4 is 21.7 Å². The first-order valence-corrected chi connectivity index (χ1v) is 8.73. The number of anilines is 1. The molecule has 0 aromatic heterocycles. The summed E-state index contributed by atoms with van der Waals surface area (Å²) in [4.78, 5) is 11.1. The van der Waals surface area contributed by atoms with Crippen molar-refractivity contribution in [1.82, 2.24) is 0 Å². The van der Waals surface area contributed by atoms with Crippen LogP contribution in [0.2, 0.25) is 0 Å². The Kier molecular flexibility index (Phi) is 4.88. The average molecular weight is 311 g/mol. The number of fused-ring (bicyclic) bond motifs is 1. The first kappa shape index (κ1) is 15.8. The summed E-state index contributed by atoms with van der Waals surface area (Å²) in [5.74, 6) is -0.418. The Labute approximate surface area is 126 Å². The zero-order valence-electron chi connectivity index (χ0n) is 12.4. The maximum Gasteiger partial charge on any atom is 0.305 e. The molecule has 116 valence electrons. The molecule has 0 bridgehead atoms. The second-order valence-corrected chi connectivity index (χ2v) is 7.27. The van der Waals surface area contributed by atoms with E-state index in [0.717, 1.165) is 24.1 Å². The Balaban J connectivity index is 2.17. The van der Waals surface area contributed by atoms with E-state index in [1.165, 1.54) is 11.4 Å². The highest BCUT2D eigenvalue weighted by Gasteiger charge is 2.31. The third-order valence-electron chi connectivity index (χ3n) is 3.77. The van der Waals surface area contributed by atoms with E-state index in [1.807, 2.05) is 31.2 Å². The highest BCUT2D eigenvalue weighted by molar-refractivity contribution is 7.92. The van der Waals surface area contributed by atoms with Crippen LogP contribution in [-0.2, 0) is 26.0 Å². The van der Waals surface area contributed by atoms with Crippen LogP contribution < -0.4 is 4.31 Å². The molecule has 1 heterocycles. The topological polar surface area (TPSA) is 63.7 Å². The number of sulfonamides is 1. The van der Waals surface area contributed by atoms with Crippen molar-refractivity contribution in [2.75, 3.05) is 17.2 Å². The van der Waals surface area contributed by atoms with Crippen molar-refractivity contribution in [3.63, 3.8) is 0 Å². The summed E-state index contributed by atoms with van der Waals surface area (Å²) >= 11 is 0. The van der Waals surface area contributed by atoms with E-state index in [4.69, 9.17) is 0 Å². The molecule has 6 heteroatoms. The number of carbonyl (C=O) groups is 1. The van der Waals surface area contributed by atoms with Gasteiger partial charge in [-0.15, -0.1) is 0 Å². The molecule has 2 rings (SSSR count). The van der Waals surface area contributed by atoms with E-state index in [2.05, 4.69) is 4.74 Å². The highest BCUT2D eigenvalue weighted by atomic mass is 32.2. The van der Waals surface area contributed by atoms with Gasteiger partial charge in [-0.1, -0.05) is 18.2 Å². The predicted octanol–water partition coefficient (Wildman–Crippen LogP) is 2.11. The lowest BCUT2D eigenvalue weighted by molar-refractivity contribution is -0.140. The maximum atomic E-state index is 12.6. The molecular weight excluding hydrogens is 290 g/mol. The molecule has 0 saturated carbocycles. The Morgan fingerprint density at radius 2 is 2.10 bits per heavy atom. The number of nitrogens with zero attached hydrogens (tertiary/aromatic N) is 1. The molecule has 1 aromatic carbocycles. The molecule has 0 radical (unpaired) electrons. The number of ether oxygens (including phenoxy) is 1. The van der Waals surface area contributed by atoms with Crippen molar-refractivity contribution < 1.29 is 17.9 Å². The van der Waals surface area contributed by atoms with Gasteiger partial charge in [-0.05, 0) is 37.8 Å². The van der Waals surface area contributed by atoms with E-state index < -0.39 is 10.0 Å². The number of hydrogen-bond acceptors (Lipinski definition) is 4. The van der Waals surface area contributed by atoms with Gasteiger partial charge >= 0.3 is 5.97 Å². The summed E-state index contributed by atoms with van der Waals surface area (Å²) in [7, 11) is -2.12. The van der Waals surface area contributed by atoms with Gasteiger partial charge in [0.15, 0.2) is 0 Å². The van der Waals surface area contributed by atoms with Gasteiger partial charge < -0.3 is 4.74 Å². The molecule has 0 aliphatic carbocycles. The molecule has 5 nitrogen and oxygen atoms in total. The second kappa shape index (κ2) is 6.47. The SMILES string of the molecule is COC(=O)CCCS(=O)(=O)N1c2ccccc2CCC1C. The Bertz CT molecular complexity index is 612. The van der Waals surface area contributed by atoms with Crippen molar-refractivity contribution in [2.24, 2.45) is 0 Å². The fourth-order valence-electron chi connectivity index (χ4n) is 2.68. The van der Waals surface area contributed by atoms with Crippen LogP contribution in [0.4, 0.5) is 5.69 Å². The number of hydrogen-bond donors (Lipinski definition) is 0. The van der Waals surface area contributed by atoms with Crippen LogP contribution >= 0.6 is 0 Å². The van der Waals surface area contributed by atoms with Gasteiger partial charge in [0.05, 0.1) is 18.6 Å². The van der Waals surface area contributed by atoms with E-state index in [0.29, 0.717) is 0 Å². The molecule has 1 aliphatic heterocycles. The lowest BCUT2D eigenvalue weighted by atomic mass is 9.99. The first-order valence-electron chi connectivity index (χ1n) is 7.12. The molecule has 0 fully saturated rings. The number of carbonyl (C=O) groups excluding carboxylic acids is 1. The van der Waals surface area contributed by atoms with Crippen LogP contribution in [-0.4, -0.2) is 33.3 Å². The largest absolute Gasteiger partial charge is 0.469 e. The van der Waals surface area contributed by atoms with Crippen LogP contribution in [0.1, 0.15) is 31.7 Å². The fourth-order valence-corrected chi connectivity index (χ4v) is 4.52. The van der Waals surface area contributed by atoms with Gasteiger partial charge in [0.1, 0.15) is 0 Å². The van der Waals surface area contributed by atoms with Crippen molar-refractivity contribution in [3.8, 4) is 0 Å². The number of esters is 1. The minimum absolute atomic E-state index is 0.0409. The van der Waals surface area contributed by atoms with Gasteiger partial charge in [0.25, 0.3) is 0 Å². The zero-order chi connectivity index (χ0) is 15.5. The van der Waals surface area contributed by atoms with E-state index in [9.17, 15) is 13.2 Å². The monoisotopic (exact) mass is 311 g/mol. The second-order valence-electron chi connectivity index (χ2n) is 5.31. The van der Waals surface area contributed by atoms with E-state index >= 15 is 0 Å². The number of methoxy groups -OCH3 is 1. The normalized spacial score (nSPS) is 18.2. The summed E-state index contributed by atoms with van der Waals surface area (Å²) in [5, 5.41) is 0. The summed E-state index contributed by atoms with van der Waals surface area (Å²) in [6, 6.07) is 7.55. The van der Waals surface area contributed by atoms with Crippen molar-refractivity contribution in [3.05, 3.63) is 29.8 Å². The highest BCUT2D eigenvalue weighted by Crippen LogP contribution is 2.33. The van der Waals surface area contributed by atoms with E-state index in [1.54, 1.807) is 0 Å². The lowest BCUT2D eigenvalue weighted by Gasteiger charge is -2.36. The molecule has 1 aromatic rings. The van der Waals surface area contributed by atoms with Crippen LogP contribution in [0.3, 0.4) is 0 Å². The average Bonchev–Trinajstić information content (AvgIpc) is 2.46. The molecule has 0 N–H and O–H groups in total. The third-order valence-corrected chi connectivity index (χ3v) is 5.73. The third kappa shape index (κ3) is 3.56. The van der Waals surface area contributed by atoms with Crippen LogP contribution in [0.25, 0.3) is 0 Å². The fraction of sp³-hybridized carbons (Fsp3) is 0.533. The smallest absolute Gasteiger partial charge is 0.305 e.